The molecule has 0 spiro atoms. The van der Waals surface area contributed by atoms with E-state index in [1.165, 1.54) is 0 Å². The molecule has 0 radical (unpaired) electrons. The van der Waals surface area contributed by atoms with E-state index in [1.807, 2.05) is 31.2 Å². The van der Waals surface area contributed by atoms with Crippen molar-refractivity contribution in [3.8, 4) is 0 Å². The SMILES string of the molecule is CCc1cccc(C(=O)c2ccc(Br)cc2)c1N. The second-order valence-corrected chi connectivity index (χ2v) is 4.98. The van der Waals surface area contributed by atoms with Crippen LogP contribution in [0.15, 0.2) is 46.9 Å². The van der Waals surface area contributed by atoms with Crippen LogP contribution in [0.1, 0.15) is 28.4 Å². The smallest absolute Gasteiger partial charge is 0.195 e. The molecule has 0 bridgehead atoms. The molecule has 2 nitrogen and oxygen atoms in total. The number of ketones is 1. The quantitative estimate of drug-likeness (QED) is 0.692. The lowest BCUT2D eigenvalue weighted by Gasteiger charge is -2.09. The maximum absolute atomic E-state index is 12.4. The number of halogens is 1. The van der Waals surface area contributed by atoms with Crippen LogP contribution < -0.4 is 5.73 Å². The van der Waals surface area contributed by atoms with Gasteiger partial charge in [0.05, 0.1) is 0 Å². The van der Waals surface area contributed by atoms with Crippen LogP contribution >= 0.6 is 15.9 Å². The Morgan fingerprint density at radius 1 is 1.17 bits per heavy atom. The third-order valence-electron chi connectivity index (χ3n) is 2.93. The van der Waals surface area contributed by atoms with E-state index in [9.17, 15) is 4.79 Å². The average Bonchev–Trinajstić information content (AvgIpc) is 2.39. The van der Waals surface area contributed by atoms with Crippen LogP contribution in [0.4, 0.5) is 5.69 Å². The van der Waals surface area contributed by atoms with Gasteiger partial charge in [-0.1, -0.05) is 35.0 Å². The van der Waals surface area contributed by atoms with E-state index in [1.54, 1.807) is 18.2 Å². The number of hydrogen-bond acceptors (Lipinski definition) is 2. The van der Waals surface area contributed by atoms with Gasteiger partial charge in [0.2, 0.25) is 0 Å². The second kappa shape index (κ2) is 5.36. The minimum atomic E-state index is -0.0321. The summed E-state index contributed by atoms with van der Waals surface area (Å²) in [6.45, 7) is 2.03. The van der Waals surface area contributed by atoms with E-state index in [0.717, 1.165) is 16.5 Å². The van der Waals surface area contributed by atoms with E-state index < -0.39 is 0 Å². The molecule has 2 aromatic carbocycles. The molecule has 0 aliphatic rings. The normalized spacial score (nSPS) is 10.3. The highest BCUT2D eigenvalue weighted by Gasteiger charge is 2.13. The minimum absolute atomic E-state index is 0.0321. The first-order valence-electron chi connectivity index (χ1n) is 5.81. The van der Waals surface area contributed by atoms with Crippen LogP contribution in [0, 0.1) is 0 Å². The number of hydrogen-bond donors (Lipinski definition) is 1. The van der Waals surface area contributed by atoms with Gasteiger partial charge in [-0.2, -0.15) is 0 Å². The predicted octanol–water partition coefficient (Wildman–Crippen LogP) is 3.82. The summed E-state index contributed by atoms with van der Waals surface area (Å²) in [5.74, 6) is -0.0321. The first kappa shape index (κ1) is 12.8. The Labute approximate surface area is 115 Å². The summed E-state index contributed by atoms with van der Waals surface area (Å²) in [7, 11) is 0. The Morgan fingerprint density at radius 3 is 2.44 bits per heavy atom. The summed E-state index contributed by atoms with van der Waals surface area (Å²) >= 11 is 3.35. The number of carbonyl (C=O) groups is 1. The summed E-state index contributed by atoms with van der Waals surface area (Å²) in [6, 6.07) is 12.9. The molecule has 18 heavy (non-hydrogen) atoms. The van der Waals surface area contributed by atoms with Crippen molar-refractivity contribution in [1.29, 1.82) is 0 Å². The lowest BCUT2D eigenvalue weighted by Crippen LogP contribution is -2.07. The first-order valence-corrected chi connectivity index (χ1v) is 6.60. The number of anilines is 1. The average molecular weight is 304 g/mol. The Balaban J connectivity index is 2.43. The van der Waals surface area contributed by atoms with Crippen molar-refractivity contribution in [3.05, 3.63) is 63.6 Å². The molecule has 0 aliphatic carbocycles. The highest BCUT2D eigenvalue weighted by molar-refractivity contribution is 9.10. The summed E-state index contributed by atoms with van der Waals surface area (Å²) in [5.41, 5.74) is 8.87. The van der Waals surface area contributed by atoms with Crippen molar-refractivity contribution in [1.82, 2.24) is 0 Å². The molecule has 0 aliphatic heterocycles. The molecule has 0 atom stereocenters. The molecule has 0 saturated carbocycles. The summed E-state index contributed by atoms with van der Waals surface area (Å²) in [5, 5.41) is 0. The van der Waals surface area contributed by atoms with Gasteiger partial charge in [-0.15, -0.1) is 0 Å². The van der Waals surface area contributed by atoms with Gasteiger partial charge in [0, 0.05) is 21.3 Å². The molecule has 0 fully saturated rings. The molecule has 92 valence electrons. The van der Waals surface area contributed by atoms with Gasteiger partial charge in [-0.3, -0.25) is 4.79 Å². The highest BCUT2D eigenvalue weighted by atomic mass is 79.9. The molecular weight excluding hydrogens is 290 g/mol. The molecule has 2 rings (SSSR count). The Morgan fingerprint density at radius 2 is 1.83 bits per heavy atom. The fourth-order valence-corrected chi connectivity index (χ4v) is 2.14. The van der Waals surface area contributed by atoms with Crippen molar-refractivity contribution in [2.24, 2.45) is 0 Å². The largest absolute Gasteiger partial charge is 0.398 e. The van der Waals surface area contributed by atoms with E-state index in [0.29, 0.717) is 16.8 Å². The number of nitrogen functional groups attached to an aromatic ring is 1. The second-order valence-electron chi connectivity index (χ2n) is 4.07. The number of nitrogens with two attached hydrogens (primary N) is 1. The fraction of sp³-hybridized carbons (Fsp3) is 0.133. The lowest BCUT2D eigenvalue weighted by atomic mass is 9.98. The zero-order valence-electron chi connectivity index (χ0n) is 10.1. The van der Waals surface area contributed by atoms with Crippen LogP contribution in [-0.4, -0.2) is 5.78 Å². The number of para-hydroxylation sites is 1. The van der Waals surface area contributed by atoms with Crippen molar-refractivity contribution in [2.75, 3.05) is 5.73 Å². The van der Waals surface area contributed by atoms with Gasteiger partial charge in [0.1, 0.15) is 0 Å². The third kappa shape index (κ3) is 2.46. The standard InChI is InChI=1S/C15H14BrNO/c1-2-10-4-3-5-13(14(10)17)15(18)11-6-8-12(16)9-7-11/h3-9H,2,17H2,1H3. The Bertz CT molecular complexity index is 576. The van der Waals surface area contributed by atoms with E-state index in [2.05, 4.69) is 15.9 Å². The van der Waals surface area contributed by atoms with Crippen LogP contribution in [0.2, 0.25) is 0 Å². The van der Waals surface area contributed by atoms with Crippen molar-refractivity contribution in [2.45, 2.75) is 13.3 Å². The topological polar surface area (TPSA) is 43.1 Å². The Kier molecular flexibility index (Phi) is 3.82. The van der Waals surface area contributed by atoms with Crippen molar-refractivity contribution >= 4 is 27.4 Å². The summed E-state index contributed by atoms with van der Waals surface area (Å²) in [4.78, 5) is 12.4. The number of benzene rings is 2. The van der Waals surface area contributed by atoms with Gasteiger partial charge in [-0.05, 0) is 42.3 Å². The van der Waals surface area contributed by atoms with Gasteiger partial charge in [0.25, 0.3) is 0 Å². The van der Waals surface area contributed by atoms with Crippen molar-refractivity contribution in [3.63, 3.8) is 0 Å². The number of carbonyl (C=O) groups excluding carboxylic acids is 1. The van der Waals surface area contributed by atoms with Crippen LogP contribution in [0.3, 0.4) is 0 Å². The highest BCUT2D eigenvalue weighted by Crippen LogP contribution is 2.22. The van der Waals surface area contributed by atoms with E-state index >= 15 is 0 Å². The third-order valence-corrected chi connectivity index (χ3v) is 3.46. The van der Waals surface area contributed by atoms with E-state index in [4.69, 9.17) is 5.73 Å². The van der Waals surface area contributed by atoms with Crippen LogP contribution in [0.25, 0.3) is 0 Å². The molecule has 3 heteroatoms. The van der Waals surface area contributed by atoms with Crippen LogP contribution in [0.5, 0.6) is 0 Å². The monoisotopic (exact) mass is 303 g/mol. The number of rotatable bonds is 3. The summed E-state index contributed by atoms with van der Waals surface area (Å²) < 4.78 is 0.953. The van der Waals surface area contributed by atoms with Gasteiger partial charge in [0.15, 0.2) is 5.78 Å². The molecule has 0 saturated heterocycles. The lowest BCUT2D eigenvalue weighted by molar-refractivity contribution is 0.103. The molecule has 0 amide bonds. The fourth-order valence-electron chi connectivity index (χ4n) is 1.88. The van der Waals surface area contributed by atoms with Gasteiger partial charge >= 0.3 is 0 Å². The maximum atomic E-state index is 12.4. The van der Waals surface area contributed by atoms with E-state index in [-0.39, 0.29) is 5.78 Å². The zero-order valence-corrected chi connectivity index (χ0v) is 11.7. The minimum Gasteiger partial charge on any atom is -0.398 e. The Hall–Kier alpha value is -1.61. The van der Waals surface area contributed by atoms with Crippen LogP contribution in [-0.2, 0) is 6.42 Å². The maximum Gasteiger partial charge on any atom is 0.195 e. The number of aryl methyl sites for hydroxylation is 1. The zero-order chi connectivity index (χ0) is 13.1. The molecule has 0 aromatic heterocycles. The molecular formula is C15H14BrNO. The van der Waals surface area contributed by atoms with Gasteiger partial charge < -0.3 is 5.73 Å². The predicted molar refractivity (Wildman–Crippen MR) is 77.8 cm³/mol. The summed E-state index contributed by atoms with van der Waals surface area (Å²) in [6.07, 6.45) is 0.827. The van der Waals surface area contributed by atoms with Crippen molar-refractivity contribution < 1.29 is 4.79 Å². The van der Waals surface area contributed by atoms with Gasteiger partial charge in [-0.25, -0.2) is 0 Å². The molecule has 0 heterocycles. The molecule has 2 N–H and O–H groups in total. The first-order chi connectivity index (χ1) is 8.63. The molecule has 2 aromatic rings. The molecule has 0 unspecified atom stereocenters.